The fourth-order valence-corrected chi connectivity index (χ4v) is 2.95. The van der Waals surface area contributed by atoms with Crippen LogP contribution in [0.5, 0.6) is 0 Å². The van der Waals surface area contributed by atoms with Crippen molar-refractivity contribution in [3.63, 3.8) is 0 Å². The number of amides is 1. The maximum Gasteiger partial charge on any atom is 0.235 e. The van der Waals surface area contributed by atoms with E-state index >= 15 is 0 Å². The molecule has 1 amide bonds. The van der Waals surface area contributed by atoms with E-state index in [1.54, 1.807) is 0 Å². The molecule has 1 fully saturated rings. The highest BCUT2D eigenvalue weighted by molar-refractivity contribution is 8.00. The van der Waals surface area contributed by atoms with Gasteiger partial charge in [0, 0.05) is 20.1 Å². The van der Waals surface area contributed by atoms with Crippen LogP contribution in [0, 0.1) is 0 Å². The molecule has 2 heterocycles. The SMILES string of the molecule is CC(Sc1nnc(CN)n1C)C(=O)N1CCCC1. The van der Waals surface area contributed by atoms with Crippen molar-refractivity contribution in [2.24, 2.45) is 12.8 Å². The molecule has 1 atom stereocenters. The third-order valence-electron chi connectivity index (χ3n) is 3.16. The molecule has 0 spiro atoms. The minimum atomic E-state index is -0.128. The van der Waals surface area contributed by atoms with Crippen molar-refractivity contribution < 1.29 is 4.79 Å². The molecule has 0 aliphatic carbocycles. The Hall–Kier alpha value is -1.08. The number of aromatic nitrogens is 3. The molecule has 0 bridgehead atoms. The molecule has 1 aromatic heterocycles. The molecular formula is C11H19N5OS. The second-order valence-corrected chi connectivity index (χ2v) is 5.76. The largest absolute Gasteiger partial charge is 0.342 e. The smallest absolute Gasteiger partial charge is 0.235 e. The molecular weight excluding hydrogens is 250 g/mol. The molecule has 1 saturated heterocycles. The summed E-state index contributed by atoms with van der Waals surface area (Å²) in [6.45, 7) is 4.05. The van der Waals surface area contributed by atoms with Crippen LogP contribution in [-0.2, 0) is 18.4 Å². The van der Waals surface area contributed by atoms with Gasteiger partial charge in [-0.15, -0.1) is 10.2 Å². The summed E-state index contributed by atoms with van der Waals surface area (Å²) < 4.78 is 1.85. The van der Waals surface area contributed by atoms with Crippen molar-refractivity contribution in [3.8, 4) is 0 Å². The molecule has 1 aromatic rings. The van der Waals surface area contributed by atoms with E-state index in [1.165, 1.54) is 11.8 Å². The van der Waals surface area contributed by atoms with E-state index in [1.807, 2.05) is 23.4 Å². The predicted molar refractivity (Wildman–Crippen MR) is 70.0 cm³/mol. The average Bonchev–Trinajstić information content (AvgIpc) is 2.99. The van der Waals surface area contributed by atoms with Gasteiger partial charge in [-0.05, 0) is 19.8 Å². The van der Waals surface area contributed by atoms with Crippen LogP contribution < -0.4 is 5.73 Å². The van der Waals surface area contributed by atoms with Crippen LogP contribution >= 0.6 is 11.8 Å². The van der Waals surface area contributed by atoms with Gasteiger partial charge in [-0.25, -0.2) is 0 Å². The normalized spacial score (nSPS) is 17.2. The third-order valence-corrected chi connectivity index (χ3v) is 4.28. The van der Waals surface area contributed by atoms with Crippen LogP contribution in [-0.4, -0.2) is 43.9 Å². The van der Waals surface area contributed by atoms with Gasteiger partial charge in [-0.2, -0.15) is 0 Å². The van der Waals surface area contributed by atoms with Crippen LogP contribution in [0.4, 0.5) is 0 Å². The number of carbonyl (C=O) groups is 1. The lowest BCUT2D eigenvalue weighted by atomic mass is 10.4. The van der Waals surface area contributed by atoms with E-state index in [0.717, 1.165) is 36.9 Å². The first-order valence-corrected chi connectivity index (χ1v) is 7.05. The molecule has 1 aliphatic rings. The first-order valence-electron chi connectivity index (χ1n) is 6.17. The Bertz CT molecular complexity index is 427. The van der Waals surface area contributed by atoms with E-state index in [0.29, 0.717) is 6.54 Å². The van der Waals surface area contributed by atoms with Crippen molar-refractivity contribution >= 4 is 17.7 Å². The van der Waals surface area contributed by atoms with E-state index in [-0.39, 0.29) is 11.2 Å². The van der Waals surface area contributed by atoms with Gasteiger partial charge in [0.15, 0.2) is 5.16 Å². The van der Waals surface area contributed by atoms with E-state index in [2.05, 4.69) is 10.2 Å². The summed E-state index contributed by atoms with van der Waals surface area (Å²) in [5, 5.41) is 8.66. The van der Waals surface area contributed by atoms with Crippen molar-refractivity contribution in [2.45, 2.75) is 36.7 Å². The average molecular weight is 269 g/mol. The van der Waals surface area contributed by atoms with Gasteiger partial charge < -0.3 is 15.2 Å². The lowest BCUT2D eigenvalue weighted by Crippen LogP contribution is -2.34. The summed E-state index contributed by atoms with van der Waals surface area (Å²) in [5.74, 6) is 0.924. The first kappa shape index (κ1) is 13.4. The molecule has 100 valence electrons. The van der Waals surface area contributed by atoms with Crippen LogP contribution in [0.2, 0.25) is 0 Å². The first-order chi connectivity index (χ1) is 8.63. The number of nitrogens with zero attached hydrogens (tertiary/aromatic N) is 4. The standard InChI is InChI=1S/C11H19N5OS/c1-8(10(17)16-5-3-4-6-16)18-11-14-13-9(7-12)15(11)2/h8H,3-7,12H2,1-2H3. The molecule has 1 aliphatic heterocycles. The molecule has 2 rings (SSSR count). The van der Waals surface area contributed by atoms with Crippen LogP contribution in [0.1, 0.15) is 25.6 Å². The van der Waals surface area contributed by atoms with Crippen molar-refractivity contribution in [1.82, 2.24) is 19.7 Å². The molecule has 0 aromatic carbocycles. The summed E-state index contributed by atoms with van der Waals surface area (Å²) in [5.41, 5.74) is 5.55. The van der Waals surface area contributed by atoms with E-state index in [4.69, 9.17) is 5.73 Å². The fourth-order valence-electron chi connectivity index (χ4n) is 2.03. The Kier molecular flexibility index (Phi) is 4.23. The second-order valence-electron chi connectivity index (χ2n) is 4.45. The summed E-state index contributed by atoms with van der Waals surface area (Å²) in [6.07, 6.45) is 2.23. The Morgan fingerprint density at radius 2 is 2.11 bits per heavy atom. The van der Waals surface area contributed by atoms with Gasteiger partial charge in [0.1, 0.15) is 5.82 Å². The maximum absolute atomic E-state index is 12.2. The van der Waals surface area contributed by atoms with Crippen LogP contribution in [0.25, 0.3) is 0 Å². The van der Waals surface area contributed by atoms with Gasteiger partial charge in [0.05, 0.1) is 11.8 Å². The Morgan fingerprint density at radius 1 is 1.44 bits per heavy atom. The second kappa shape index (κ2) is 5.71. The maximum atomic E-state index is 12.2. The highest BCUT2D eigenvalue weighted by atomic mass is 32.2. The summed E-state index contributed by atoms with van der Waals surface area (Å²) >= 11 is 1.44. The van der Waals surface area contributed by atoms with Crippen LogP contribution in [0.3, 0.4) is 0 Å². The summed E-state index contributed by atoms with van der Waals surface area (Å²) in [4.78, 5) is 14.1. The number of rotatable bonds is 4. The minimum Gasteiger partial charge on any atom is -0.342 e. The van der Waals surface area contributed by atoms with Crippen molar-refractivity contribution in [2.75, 3.05) is 13.1 Å². The quantitative estimate of drug-likeness (QED) is 0.799. The number of nitrogens with two attached hydrogens (primary N) is 1. The number of hydrogen-bond donors (Lipinski definition) is 1. The highest BCUT2D eigenvalue weighted by Gasteiger charge is 2.25. The molecule has 18 heavy (non-hydrogen) atoms. The van der Waals surface area contributed by atoms with Gasteiger partial charge in [-0.3, -0.25) is 4.79 Å². The van der Waals surface area contributed by atoms with Crippen LogP contribution in [0.15, 0.2) is 5.16 Å². The van der Waals surface area contributed by atoms with E-state index in [9.17, 15) is 4.79 Å². The molecule has 2 N–H and O–H groups in total. The highest BCUT2D eigenvalue weighted by Crippen LogP contribution is 2.24. The van der Waals surface area contributed by atoms with Gasteiger partial charge >= 0.3 is 0 Å². The summed E-state index contributed by atoms with van der Waals surface area (Å²) in [6, 6.07) is 0. The number of likely N-dealkylation sites (tertiary alicyclic amines) is 1. The molecule has 0 radical (unpaired) electrons. The number of hydrogen-bond acceptors (Lipinski definition) is 5. The van der Waals surface area contributed by atoms with Gasteiger partial charge in [0.2, 0.25) is 5.91 Å². The molecule has 7 heteroatoms. The summed E-state index contributed by atoms with van der Waals surface area (Å²) in [7, 11) is 1.87. The molecule has 6 nitrogen and oxygen atoms in total. The van der Waals surface area contributed by atoms with Crippen molar-refractivity contribution in [1.29, 1.82) is 0 Å². The van der Waals surface area contributed by atoms with Gasteiger partial charge in [-0.1, -0.05) is 11.8 Å². The van der Waals surface area contributed by atoms with E-state index < -0.39 is 0 Å². The zero-order valence-electron chi connectivity index (χ0n) is 10.8. The lowest BCUT2D eigenvalue weighted by Gasteiger charge is -2.19. The van der Waals surface area contributed by atoms with Gasteiger partial charge in [0.25, 0.3) is 0 Å². The van der Waals surface area contributed by atoms with Crippen molar-refractivity contribution in [3.05, 3.63) is 5.82 Å². The lowest BCUT2D eigenvalue weighted by molar-refractivity contribution is -0.129. The monoisotopic (exact) mass is 269 g/mol. The predicted octanol–water partition coefficient (Wildman–Crippen LogP) is 0.377. The molecule has 1 unspecified atom stereocenters. The fraction of sp³-hybridized carbons (Fsp3) is 0.727. The Morgan fingerprint density at radius 3 is 2.67 bits per heavy atom. The topological polar surface area (TPSA) is 77.0 Å². The minimum absolute atomic E-state index is 0.128. The number of carbonyl (C=O) groups excluding carboxylic acids is 1. The Labute approximate surface area is 111 Å². The zero-order chi connectivity index (χ0) is 13.1. The number of thioether (sulfide) groups is 1. The third kappa shape index (κ3) is 2.67. The Balaban J connectivity index is 1.99. The molecule has 0 saturated carbocycles. The zero-order valence-corrected chi connectivity index (χ0v) is 11.6.